The van der Waals surface area contributed by atoms with Gasteiger partial charge in [0.15, 0.2) is 6.61 Å². The van der Waals surface area contributed by atoms with E-state index >= 15 is 0 Å². The van der Waals surface area contributed by atoms with Crippen molar-refractivity contribution in [2.24, 2.45) is 0 Å². The third-order valence-corrected chi connectivity index (χ3v) is 7.25. The zero-order chi connectivity index (χ0) is 24.1. The predicted octanol–water partition coefficient (Wildman–Crippen LogP) is 3.66. The van der Waals surface area contributed by atoms with E-state index in [9.17, 15) is 18.0 Å². The Balaban J connectivity index is 1.40. The van der Waals surface area contributed by atoms with Gasteiger partial charge in [0.2, 0.25) is 5.91 Å². The second-order valence-electron chi connectivity index (χ2n) is 7.82. The number of hydrogen-bond donors (Lipinski definition) is 1. The number of nitrogens with one attached hydrogen (secondary N) is 1. The smallest absolute Gasteiger partial charge is 0.264 e. The Morgan fingerprint density at radius 2 is 1.79 bits per heavy atom. The minimum Gasteiger partial charge on any atom is -0.484 e. The van der Waals surface area contributed by atoms with Crippen LogP contribution in [-0.4, -0.2) is 40.4 Å². The van der Waals surface area contributed by atoms with Gasteiger partial charge >= 0.3 is 0 Å². The summed E-state index contributed by atoms with van der Waals surface area (Å²) in [6, 6.07) is 21.8. The lowest BCUT2D eigenvalue weighted by Crippen LogP contribution is -2.26. The topological polar surface area (TPSA) is 96.0 Å². The third-order valence-electron chi connectivity index (χ3n) is 5.47. The molecule has 2 amide bonds. The van der Waals surface area contributed by atoms with Crippen LogP contribution in [0, 0.1) is 0 Å². The van der Waals surface area contributed by atoms with Gasteiger partial charge in [-0.05, 0) is 48.9 Å². The lowest BCUT2D eigenvalue weighted by Gasteiger charge is -2.20. The maximum absolute atomic E-state index is 13.0. The van der Waals surface area contributed by atoms with E-state index in [-0.39, 0.29) is 17.4 Å². The summed E-state index contributed by atoms with van der Waals surface area (Å²) in [5.41, 5.74) is 1.61. The van der Waals surface area contributed by atoms with E-state index in [2.05, 4.69) is 5.32 Å². The molecule has 1 heterocycles. The minimum atomic E-state index is -3.80. The molecule has 176 valence electrons. The SMILES string of the molecule is CN(c1ccccc1)S(=O)(=O)c1cccc(NC(=O)COc2cccc(N3CCCC3=O)c2)c1. The molecule has 1 saturated heterocycles. The number of carbonyl (C=O) groups is 2. The number of rotatable bonds is 8. The van der Waals surface area contributed by atoms with Gasteiger partial charge in [-0.2, -0.15) is 0 Å². The molecule has 3 aromatic rings. The summed E-state index contributed by atoms with van der Waals surface area (Å²) in [7, 11) is -2.32. The number of benzene rings is 3. The van der Waals surface area contributed by atoms with E-state index < -0.39 is 15.9 Å². The lowest BCUT2D eigenvalue weighted by atomic mass is 10.3. The van der Waals surface area contributed by atoms with Crippen LogP contribution in [0.4, 0.5) is 17.1 Å². The number of hydrogen-bond acceptors (Lipinski definition) is 5. The zero-order valence-corrected chi connectivity index (χ0v) is 19.5. The van der Waals surface area contributed by atoms with Crippen molar-refractivity contribution in [2.75, 3.05) is 34.7 Å². The molecule has 8 nitrogen and oxygen atoms in total. The van der Waals surface area contributed by atoms with E-state index in [0.717, 1.165) is 12.1 Å². The molecule has 0 unspecified atom stereocenters. The second kappa shape index (κ2) is 9.96. The fourth-order valence-corrected chi connectivity index (χ4v) is 4.92. The van der Waals surface area contributed by atoms with Gasteiger partial charge in [0.25, 0.3) is 15.9 Å². The Hall–Kier alpha value is -3.85. The average molecular weight is 480 g/mol. The first kappa shape index (κ1) is 23.3. The van der Waals surface area contributed by atoms with Crippen LogP contribution < -0.4 is 19.3 Å². The molecule has 34 heavy (non-hydrogen) atoms. The number of nitrogens with zero attached hydrogens (tertiary/aromatic N) is 2. The van der Waals surface area contributed by atoms with Crippen molar-refractivity contribution in [3.05, 3.63) is 78.9 Å². The first-order valence-electron chi connectivity index (χ1n) is 10.8. The Labute approximate surface area is 198 Å². The molecular weight excluding hydrogens is 454 g/mol. The van der Waals surface area contributed by atoms with E-state index in [0.29, 0.717) is 30.1 Å². The summed E-state index contributed by atoms with van der Waals surface area (Å²) >= 11 is 0. The molecule has 1 aliphatic rings. The first-order chi connectivity index (χ1) is 16.3. The molecule has 0 spiro atoms. The van der Waals surface area contributed by atoms with Crippen molar-refractivity contribution in [3.63, 3.8) is 0 Å². The molecule has 0 saturated carbocycles. The summed E-state index contributed by atoms with van der Waals surface area (Å²) < 4.78 is 32.8. The summed E-state index contributed by atoms with van der Waals surface area (Å²) in [5.74, 6) is 0.101. The molecule has 3 aromatic carbocycles. The van der Waals surface area contributed by atoms with Crippen LogP contribution in [0.3, 0.4) is 0 Å². The highest BCUT2D eigenvalue weighted by atomic mass is 32.2. The average Bonchev–Trinajstić information content (AvgIpc) is 3.29. The molecule has 9 heteroatoms. The van der Waals surface area contributed by atoms with Gasteiger partial charge in [0, 0.05) is 37.5 Å². The number of amides is 2. The molecule has 1 N–H and O–H groups in total. The predicted molar refractivity (Wildman–Crippen MR) is 131 cm³/mol. The highest BCUT2D eigenvalue weighted by molar-refractivity contribution is 7.92. The van der Waals surface area contributed by atoms with Crippen LogP contribution >= 0.6 is 0 Å². The van der Waals surface area contributed by atoms with E-state index in [1.54, 1.807) is 59.5 Å². The Kier molecular flexibility index (Phi) is 6.83. The maximum Gasteiger partial charge on any atom is 0.264 e. The van der Waals surface area contributed by atoms with Gasteiger partial charge in [0.05, 0.1) is 10.6 Å². The van der Waals surface area contributed by atoms with E-state index in [1.807, 2.05) is 12.1 Å². The number of anilines is 3. The summed E-state index contributed by atoms with van der Waals surface area (Å²) in [4.78, 5) is 26.1. The molecule has 4 rings (SSSR count). The quantitative estimate of drug-likeness (QED) is 0.532. The fraction of sp³-hybridized carbons (Fsp3) is 0.200. The van der Waals surface area contributed by atoms with Gasteiger partial charge in [-0.1, -0.05) is 30.3 Å². The van der Waals surface area contributed by atoms with Crippen LogP contribution in [0.1, 0.15) is 12.8 Å². The monoisotopic (exact) mass is 479 g/mol. The number of para-hydroxylation sites is 1. The largest absolute Gasteiger partial charge is 0.484 e. The Morgan fingerprint density at radius 1 is 1.03 bits per heavy atom. The van der Waals surface area contributed by atoms with Crippen molar-refractivity contribution in [1.82, 2.24) is 0 Å². The molecule has 0 bridgehead atoms. The van der Waals surface area contributed by atoms with Crippen LogP contribution in [0.2, 0.25) is 0 Å². The van der Waals surface area contributed by atoms with E-state index in [1.165, 1.54) is 23.5 Å². The lowest BCUT2D eigenvalue weighted by molar-refractivity contribution is -0.118. The number of ether oxygens (including phenoxy) is 1. The molecule has 1 aliphatic heterocycles. The third kappa shape index (κ3) is 5.20. The minimum absolute atomic E-state index is 0.0561. The van der Waals surface area contributed by atoms with Crippen molar-refractivity contribution < 1.29 is 22.7 Å². The Bertz CT molecular complexity index is 1290. The fourth-order valence-electron chi connectivity index (χ4n) is 3.68. The van der Waals surface area contributed by atoms with Gasteiger partial charge in [0.1, 0.15) is 5.75 Å². The van der Waals surface area contributed by atoms with E-state index in [4.69, 9.17) is 4.74 Å². The van der Waals surface area contributed by atoms with Crippen molar-refractivity contribution in [2.45, 2.75) is 17.7 Å². The first-order valence-corrected chi connectivity index (χ1v) is 12.3. The highest BCUT2D eigenvalue weighted by Gasteiger charge is 2.23. The summed E-state index contributed by atoms with van der Waals surface area (Å²) in [5, 5.41) is 2.67. The van der Waals surface area contributed by atoms with Crippen LogP contribution in [0.25, 0.3) is 0 Å². The molecule has 0 atom stereocenters. The Morgan fingerprint density at radius 3 is 2.53 bits per heavy atom. The van der Waals surface area contributed by atoms with Gasteiger partial charge in [-0.3, -0.25) is 13.9 Å². The molecular formula is C25H25N3O5S. The normalized spacial score (nSPS) is 13.6. The summed E-state index contributed by atoms with van der Waals surface area (Å²) in [6.07, 6.45) is 1.35. The molecule has 0 aromatic heterocycles. The van der Waals surface area contributed by atoms with Crippen molar-refractivity contribution >= 4 is 38.9 Å². The number of carbonyl (C=O) groups excluding carboxylic acids is 2. The molecule has 0 aliphatic carbocycles. The van der Waals surface area contributed by atoms with Gasteiger partial charge in [-0.15, -0.1) is 0 Å². The number of sulfonamides is 1. The maximum atomic E-state index is 13.0. The van der Waals surface area contributed by atoms with Crippen LogP contribution in [0.15, 0.2) is 83.8 Å². The van der Waals surface area contributed by atoms with Crippen LogP contribution in [-0.2, 0) is 19.6 Å². The summed E-state index contributed by atoms with van der Waals surface area (Å²) in [6.45, 7) is 0.403. The van der Waals surface area contributed by atoms with Crippen molar-refractivity contribution in [3.8, 4) is 5.75 Å². The highest BCUT2D eigenvalue weighted by Crippen LogP contribution is 2.26. The van der Waals surface area contributed by atoms with Gasteiger partial charge < -0.3 is 15.0 Å². The molecule has 0 radical (unpaired) electrons. The molecule has 1 fully saturated rings. The standard InChI is InChI=1S/C25H25N3O5S/c1-27(20-9-3-2-4-10-20)34(31,32)23-13-5-8-19(16-23)26-24(29)18-33-22-12-6-11-21(17-22)28-15-7-14-25(28)30/h2-6,8-13,16-17H,7,14-15,18H2,1H3,(H,26,29). The van der Waals surface area contributed by atoms with Crippen molar-refractivity contribution in [1.29, 1.82) is 0 Å². The van der Waals surface area contributed by atoms with Gasteiger partial charge in [-0.25, -0.2) is 8.42 Å². The second-order valence-corrected chi connectivity index (χ2v) is 9.79. The zero-order valence-electron chi connectivity index (χ0n) is 18.7. The van der Waals surface area contributed by atoms with Crippen LogP contribution in [0.5, 0.6) is 5.75 Å².